The van der Waals surface area contributed by atoms with Gasteiger partial charge in [0, 0.05) is 118 Å². The van der Waals surface area contributed by atoms with Gasteiger partial charge >= 0.3 is 23.9 Å². The molecule has 2 aromatic carbocycles. The Hall–Kier alpha value is -9.58. The van der Waals surface area contributed by atoms with Gasteiger partial charge in [-0.2, -0.15) is 0 Å². The number of H-pyrrole nitrogens is 2. The van der Waals surface area contributed by atoms with E-state index in [-0.39, 0.29) is 23.9 Å². The predicted octanol–water partition coefficient (Wildman–Crippen LogP) is 16.1. The topological polar surface area (TPSA) is 225 Å². The number of fused-ring (bicyclic) bond motifs is 8. The number of rotatable bonds is 36. The van der Waals surface area contributed by atoms with E-state index in [0.717, 1.165) is 118 Å². The summed E-state index contributed by atoms with van der Waals surface area (Å²) in [5.41, 5.74) is 12.3. The Morgan fingerprint density at radius 3 is 0.891 bits per heavy atom. The highest BCUT2D eigenvalue weighted by Crippen LogP contribution is 2.41. The summed E-state index contributed by atoms with van der Waals surface area (Å²) in [5.74, 6) is 1.63. The number of nitrogens with zero attached hydrogens (tertiary/aromatic N) is 4. The molecule has 18 heteroatoms. The van der Waals surface area contributed by atoms with E-state index in [1.54, 1.807) is 12.4 Å². The second kappa shape index (κ2) is 35.1. The number of pyridine rings is 2. The van der Waals surface area contributed by atoms with Crippen LogP contribution in [0.25, 0.3) is 90.9 Å². The number of aromatic amines is 2. The third kappa shape index (κ3) is 19.2. The van der Waals surface area contributed by atoms with Crippen LogP contribution in [-0.2, 0) is 38.1 Å². The Bertz CT molecular complexity index is 3490. The molecule has 0 amide bonds. The quantitative estimate of drug-likeness (QED) is 0.0211. The molecule has 92 heavy (non-hydrogen) atoms. The Morgan fingerprint density at radius 2 is 0.630 bits per heavy atom. The van der Waals surface area contributed by atoms with Gasteiger partial charge in [-0.15, -0.1) is 0 Å². The van der Waals surface area contributed by atoms with E-state index in [2.05, 4.69) is 44.2 Å². The van der Waals surface area contributed by atoms with Crippen molar-refractivity contribution in [3.05, 3.63) is 132 Å². The summed E-state index contributed by atoms with van der Waals surface area (Å²) in [6, 6.07) is 28.0. The molecule has 8 bridgehead atoms. The molecule has 7 heterocycles. The summed E-state index contributed by atoms with van der Waals surface area (Å²) in [6.45, 7) is 10.3. The SMILES string of the molecule is CCOC(=O)CCCCCOc1cc(OCCCCCC(=O)OCC)cc(-c2c3nc(c(-c4cccnc4)c4ccc([nH]4)c(-c4cc(OCCCCCC(=O)OCC)cc(OCCCCCC(=O)OCC)c4)c4nc(c(-c5cccnc5)c5ccc2[nH]5)C=C4)C=C3)c1. The standard InChI is InChI=1S/C74H84N6O12/c1-5-85-67(81)25-13-9-17-39-89-55-43-53(44-56(47-55)90-40-18-10-14-26-68(82)86-6-2)73-63-33-29-59(77-63)71(51-23-21-37-75-49-51)61-31-35-65(79-61)74(66-36-32-62(80-66)72(52-24-22-38-76-50-52)60-30-34-64(73)78-60)54-45-57(91-41-19-11-15-27-69(83)87-7-3)48-58(46-54)92-42-20-12-16-28-70(84)88-8-4/h21-24,29-38,43-50,77,80H,5-20,25-28,39-42H2,1-4H3. The lowest BCUT2D eigenvalue weighted by molar-refractivity contribution is -0.144. The highest BCUT2D eigenvalue weighted by atomic mass is 16.5. The molecule has 18 nitrogen and oxygen atoms in total. The van der Waals surface area contributed by atoms with Crippen LogP contribution in [0.3, 0.4) is 0 Å². The van der Waals surface area contributed by atoms with Gasteiger partial charge in [0.25, 0.3) is 0 Å². The van der Waals surface area contributed by atoms with Crippen LogP contribution in [0.15, 0.2) is 110 Å². The summed E-state index contributed by atoms with van der Waals surface area (Å²) in [5, 5.41) is 0. The second-order valence-electron chi connectivity index (χ2n) is 22.2. The molecule has 2 N–H and O–H groups in total. The fourth-order valence-electron chi connectivity index (χ4n) is 11.1. The number of carbonyl (C=O) groups is 4. The minimum Gasteiger partial charge on any atom is -0.493 e. The van der Waals surface area contributed by atoms with Crippen molar-refractivity contribution in [3.63, 3.8) is 0 Å². The number of ether oxygens (including phenoxy) is 8. The molecule has 7 aromatic rings. The van der Waals surface area contributed by atoms with E-state index in [1.165, 1.54) is 0 Å². The molecule has 0 fully saturated rings. The van der Waals surface area contributed by atoms with Crippen molar-refractivity contribution >= 4 is 70.2 Å². The van der Waals surface area contributed by atoms with Crippen LogP contribution in [0.4, 0.5) is 0 Å². The van der Waals surface area contributed by atoms with Crippen molar-refractivity contribution in [2.24, 2.45) is 0 Å². The van der Waals surface area contributed by atoms with Gasteiger partial charge < -0.3 is 47.9 Å². The number of benzene rings is 2. The monoisotopic (exact) mass is 1250 g/mol. The Balaban J connectivity index is 1.19. The minimum absolute atomic E-state index is 0.199. The maximum Gasteiger partial charge on any atom is 0.305 e. The largest absolute Gasteiger partial charge is 0.493 e. The number of esters is 4. The summed E-state index contributed by atoms with van der Waals surface area (Å²) in [4.78, 5) is 76.4. The van der Waals surface area contributed by atoms with Crippen LogP contribution < -0.4 is 18.9 Å². The Labute approximate surface area is 538 Å². The van der Waals surface area contributed by atoms with Crippen LogP contribution >= 0.6 is 0 Å². The first-order chi connectivity index (χ1) is 45.1. The fourth-order valence-corrected chi connectivity index (χ4v) is 11.1. The lowest BCUT2D eigenvalue weighted by Gasteiger charge is -2.14. The van der Waals surface area contributed by atoms with E-state index in [4.69, 9.17) is 47.9 Å². The molecule has 0 unspecified atom stereocenters. The molecule has 0 saturated heterocycles. The van der Waals surface area contributed by atoms with E-state index in [0.29, 0.717) is 150 Å². The first kappa shape index (κ1) is 66.8. The number of aromatic nitrogens is 6. The van der Waals surface area contributed by atoms with Crippen molar-refractivity contribution in [2.45, 2.75) is 130 Å². The summed E-state index contributed by atoms with van der Waals surface area (Å²) >= 11 is 0. The van der Waals surface area contributed by atoms with Crippen LogP contribution in [0.1, 0.15) is 153 Å². The van der Waals surface area contributed by atoms with Gasteiger partial charge in [-0.1, -0.05) is 12.1 Å². The third-order valence-corrected chi connectivity index (χ3v) is 15.4. The maximum absolute atomic E-state index is 12.1. The Morgan fingerprint density at radius 1 is 0.348 bits per heavy atom. The first-order valence-corrected chi connectivity index (χ1v) is 32.5. The highest BCUT2D eigenvalue weighted by Gasteiger charge is 2.22. The smallest absolute Gasteiger partial charge is 0.305 e. The van der Waals surface area contributed by atoms with Crippen molar-refractivity contribution in [1.29, 1.82) is 0 Å². The zero-order chi connectivity index (χ0) is 64.3. The average molecular weight is 1250 g/mol. The van der Waals surface area contributed by atoms with Crippen molar-refractivity contribution in [1.82, 2.24) is 29.9 Å². The molecule has 2 aliphatic rings. The molecular weight excluding hydrogens is 1160 g/mol. The molecule has 9 rings (SSSR count). The first-order valence-electron chi connectivity index (χ1n) is 32.5. The van der Waals surface area contributed by atoms with E-state index < -0.39 is 0 Å². The zero-order valence-electron chi connectivity index (χ0n) is 53.4. The Kier molecular flexibility index (Phi) is 25.5. The molecule has 482 valence electrons. The van der Waals surface area contributed by atoms with Gasteiger partial charge in [-0.3, -0.25) is 29.1 Å². The summed E-state index contributed by atoms with van der Waals surface area (Å²) < 4.78 is 46.8. The number of carbonyl (C=O) groups excluding carboxylic acids is 4. The molecule has 5 aromatic heterocycles. The zero-order valence-corrected chi connectivity index (χ0v) is 53.4. The second-order valence-corrected chi connectivity index (χ2v) is 22.2. The molecule has 0 radical (unpaired) electrons. The molecule has 0 aliphatic carbocycles. The van der Waals surface area contributed by atoms with Gasteiger partial charge in [-0.25, -0.2) is 9.97 Å². The lowest BCUT2D eigenvalue weighted by atomic mass is 10.0. The summed E-state index contributed by atoms with van der Waals surface area (Å²) in [7, 11) is 0. The predicted molar refractivity (Wildman–Crippen MR) is 359 cm³/mol. The minimum atomic E-state index is -0.199. The van der Waals surface area contributed by atoms with Gasteiger partial charge in [-0.05, 0) is 201 Å². The molecule has 2 aliphatic heterocycles. The van der Waals surface area contributed by atoms with Crippen LogP contribution in [-0.4, -0.2) is 107 Å². The fraction of sp³-hybridized carbons (Fsp3) is 0.378. The maximum atomic E-state index is 12.1. The summed E-state index contributed by atoms with van der Waals surface area (Å²) in [6.07, 6.45) is 25.5. The van der Waals surface area contributed by atoms with Gasteiger partial charge in [0.1, 0.15) is 23.0 Å². The van der Waals surface area contributed by atoms with Crippen LogP contribution in [0.2, 0.25) is 0 Å². The van der Waals surface area contributed by atoms with Crippen molar-refractivity contribution in [3.8, 4) is 67.5 Å². The number of hydrogen-bond acceptors (Lipinski definition) is 16. The van der Waals surface area contributed by atoms with Crippen LogP contribution in [0.5, 0.6) is 23.0 Å². The molecular formula is C74H84N6O12. The number of nitrogens with one attached hydrogen (secondary N) is 2. The average Bonchev–Trinajstić information content (AvgIpc) is 1.72. The van der Waals surface area contributed by atoms with Gasteiger partial charge in [0.15, 0.2) is 0 Å². The molecule has 0 spiro atoms. The third-order valence-electron chi connectivity index (χ3n) is 15.4. The normalized spacial score (nSPS) is 11.5. The van der Waals surface area contributed by atoms with E-state index >= 15 is 0 Å². The molecule has 0 saturated carbocycles. The molecule has 0 atom stereocenters. The van der Waals surface area contributed by atoms with Gasteiger partial charge in [0.05, 0.1) is 75.6 Å². The van der Waals surface area contributed by atoms with Crippen LogP contribution in [0, 0.1) is 0 Å². The van der Waals surface area contributed by atoms with Crippen molar-refractivity contribution < 1.29 is 57.1 Å². The van der Waals surface area contributed by atoms with Gasteiger partial charge in [0.2, 0.25) is 0 Å². The van der Waals surface area contributed by atoms with Crippen molar-refractivity contribution in [2.75, 3.05) is 52.9 Å². The van der Waals surface area contributed by atoms with E-state index in [9.17, 15) is 19.2 Å². The number of hydrogen-bond donors (Lipinski definition) is 2. The number of unbranched alkanes of at least 4 members (excludes halogenated alkanes) is 8. The highest BCUT2D eigenvalue weighted by molar-refractivity contribution is 6.00. The lowest BCUT2D eigenvalue weighted by Crippen LogP contribution is -2.04. The van der Waals surface area contributed by atoms with E-state index in [1.807, 2.05) is 125 Å².